The molecule has 3 nitrogen and oxygen atoms in total. The molecular weight excluding hydrogens is 337 g/mol. The third-order valence-corrected chi connectivity index (χ3v) is 5.71. The van der Waals surface area contributed by atoms with Crippen molar-refractivity contribution in [3.63, 3.8) is 0 Å². The topological polar surface area (TPSA) is 46.2 Å². The molecule has 1 N–H and O–H groups in total. The largest absolute Gasteiger partial charge is 0.250 e. The van der Waals surface area contributed by atoms with Gasteiger partial charge in [0.15, 0.2) is 0 Å². The molecule has 0 fully saturated rings. The van der Waals surface area contributed by atoms with Crippen LogP contribution < -0.4 is 4.72 Å². The number of sulfonamides is 1. The third kappa shape index (κ3) is 3.98. The average molecular weight is 346 g/mol. The summed E-state index contributed by atoms with van der Waals surface area (Å²) in [7, 11) is -3.56. The van der Waals surface area contributed by atoms with Crippen LogP contribution in [0.4, 0.5) is 0 Å². The van der Waals surface area contributed by atoms with Gasteiger partial charge in [-0.2, -0.15) is 4.72 Å². The van der Waals surface area contributed by atoms with Crippen LogP contribution in [0.1, 0.15) is 5.56 Å². The molecule has 0 amide bonds. The summed E-state index contributed by atoms with van der Waals surface area (Å²) in [5.74, 6) is 5.53. The Bertz CT molecular complexity index is 773. The molecule has 0 aliphatic heterocycles. The lowest BCUT2D eigenvalue weighted by Crippen LogP contribution is -2.23. The van der Waals surface area contributed by atoms with E-state index in [9.17, 15) is 8.42 Å². The Labute approximate surface area is 131 Å². The van der Waals surface area contributed by atoms with E-state index in [1.807, 2.05) is 6.07 Å². The summed E-state index contributed by atoms with van der Waals surface area (Å²) >= 11 is 12.6. The summed E-state index contributed by atoms with van der Waals surface area (Å²) in [6, 6.07) is 10.1. The van der Waals surface area contributed by atoms with Crippen molar-refractivity contribution >= 4 is 44.6 Å². The van der Waals surface area contributed by atoms with Crippen LogP contribution in [-0.4, -0.2) is 15.0 Å². The number of benzene rings is 1. The van der Waals surface area contributed by atoms with Crippen molar-refractivity contribution < 1.29 is 8.42 Å². The minimum atomic E-state index is -3.56. The summed E-state index contributed by atoms with van der Waals surface area (Å²) < 4.78 is 26.7. The van der Waals surface area contributed by atoms with Crippen LogP contribution in [0.15, 0.2) is 40.6 Å². The zero-order valence-corrected chi connectivity index (χ0v) is 13.2. The molecular formula is C13H9Cl2NO2S2. The summed E-state index contributed by atoms with van der Waals surface area (Å²) in [6.07, 6.45) is 0. The Morgan fingerprint density at radius 2 is 1.90 bits per heavy atom. The van der Waals surface area contributed by atoms with Gasteiger partial charge in [-0.15, -0.1) is 11.3 Å². The van der Waals surface area contributed by atoms with Crippen LogP contribution in [0, 0.1) is 11.8 Å². The predicted molar refractivity (Wildman–Crippen MR) is 82.8 cm³/mol. The molecule has 1 heterocycles. The highest BCUT2D eigenvalue weighted by Gasteiger charge is 2.15. The molecule has 0 aliphatic carbocycles. The first-order valence-electron chi connectivity index (χ1n) is 5.47. The molecule has 104 valence electrons. The minimum absolute atomic E-state index is 0.00305. The fraction of sp³-hybridized carbons (Fsp3) is 0.0769. The Balaban J connectivity index is 2.02. The van der Waals surface area contributed by atoms with Gasteiger partial charge in [-0.25, -0.2) is 8.42 Å². The Morgan fingerprint density at radius 1 is 1.15 bits per heavy atom. The second kappa shape index (κ2) is 6.61. The quantitative estimate of drug-likeness (QED) is 0.866. The van der Waals surface area contributed by atoms with Crippen LogP contribution >= 0.6 is 34.5 Å². The van der Waals surface area contributed by atoms with Gasteiger partial charge >= 0.3 is 0 Å². The summed E-state index contributed by atoms with van der Waals surface area (Å²) in [5.41, 5.74) is 0.660. The highest BCUT2D eigenvalue weighted by atomic mass is 35.5. The van der Waals surface area contributed by atoms with E-state index in [0.29, 0.717) is 14.9 Å². The van der Waals surface area contributed by atoms with Gasteiger partial charge in [-0.3, -0.25) is 0 Å². The highest BCUT2D eigenvalue weighted by molar-refractivity contribution is 7.91. The van der Waals surface area contributed by atoms with Crippen molar-refractivity contribution in [1.29, 1.82) is 0 Å². The number of rotatable bonds is 3. The fourth-order valence-electron chi connectivity index (χ4n) is 1.35. The molecule has 0 bridgehead atoms. The van der Waals surface area contributed by atoms with Crippen LogP contribution in [0.25, 0.3) is 0 Å². The van der Waals surface area contributed by atoms with Gasteiger partial charge in [-0.05, 0) is 24.3 Å². The first kappa shape index (κ1) is 15.4. The van der Waals surface area contributed by atoms with Gasteiger partial charge in [0, 0.05) is 5.56 Å². The number of hydrogen-bond acceptors (Lipinski definition) is 3. The Morgan fingerprint density at radius 3 is 2.55 bits per heavy atom. The van der Waals surface area contributed by atoms with Crippen LogP contribution in [0.2, 0.25) is 9.36 Å². The molecule has 1 aromatic heterocycles. The van der Waals surface area contributed by atoms with Gasteiger partial charge in [0.05, 0.1) is 15.9 Å². The van der Waals surface area contributed by atoms with Crippen molar-refractivity contribution in [2.24, 2.45) is 0 Å². The lowest BCUT2D eigenvalue weighted by atomic mass is 10.2. The molecule has 0 aliphatic rings. The smallest absolute Gasteiger partial charge is 0.206 e. The monoisotopic (exact) mass is 345 g/mol. The number of thiophene rings is 1. The maximum Gasteiger partial charge on any atom is 0.250 e. The van der Waals surface area contributed by atoms with Crippen molar-refractivity contribution in [3.8, 4) is 11.8 Å². The van der Waals surface area contributed by atoms with E-state index in [0.717, 1.165) is 11.3 Å². The van der Waals surface area contributed by atoms with Gasteiger partial charge in [0.2, 0.25) is 0 Å². The Kier molecular flexibility index (Phi) is 5.08. The Hall–Kier alpha value is -1.03. The SMILES string of the molecule is O=S(=O)(NCC#Cc1ccccc1Cl)c1ccc(Cl)s1. The van der Waals surface area contributed by atoms with Crippen molar-refractivity contribution in [1.82, 2.24) is 4.72 Å². The first-order chi connectivity index (χ1) is 9.49. The first-order valence-corrected chi connectivity index (χ1v) is 8.53. The van der Waals surface area contributed by atoms with E-state index in [1.54, 1.807) is 18.2 Å². The summed E-state index contributed by atoms with van der Waals surface area (Å²) in [4.78, 5) is 0. The number of nitrogens with one attached hydrogen (secondary N) is 1. The molecule has 20 heavy (non-hydrogen) atoms. The summed E-state index contributed by atoms with van der Waals surface area (Å²) in [5, 5.41) is 0.535. The standard InChI is InChI=1S/C13H9Cl2NO2S2/c14-11-6-2-1-4-10(11)5-3-9-16-20(17,18)13-8-7-12(15)19-13/h1-2,4,6-8,16H,9H2. The molecule has 7 heteroatoms. The second-order valence-corrected chi connectivity index (χ2v) is 7.78. The number of halogens is 2. The predicted octanol–water partition coefficient (Wildman–Crippen LogP) is 3.38. The molecule has 1 aromatic carbocycles. The van der Waals surface area contributed by atoms with E-state index in [1.165, 1.54) is 12.1 Å². The van der Waals surface area contributed by atoms with Gasteiger partial charge in [0.1, 0.15) is 4.21 Å². The van der Waals surface area contributed by atoms with Gasteiger partial charge in [-0.1, -0.05) is 47.2 Å². The maximum atomic E-state index is 11.9. The zero-order valence-electron chi connectivity index (χ0n) is 10.1. The van der Waals surface area contributed by atoms with Crippen molar-refractivity contribution in [2.75, 3.05) is 6.54 Å². The van der Waals surface area contributed by atoms with Crippen molar-refractivity contribution in [3.05, 3.63) is 51.3 Å². The lowest BCUT2D eigenvalue weighted by molar-refractivity contribution is 0.588. The number of hydrogen-bond donors (Lipinski definition) is 1. The van der Waals surface area contributed by atoms with Crippen molar-refractivity contribution in [2.45, 2.75) is 4.21 Å². The van der Waals surface area contributed by atoms with E-state index >= 15 is 0 Å². The van der Waals surface area contributed by atoms with Crippen LogP contribution in [-0.2, 0) is 10.0 Å². The molecule has 0 atom stereocenters. The average Bonchev–Trinajstić information content (AvgIpc) is 2.84. The van der Waals surface area contributed by atoms with E-state index in [-0.39, 0.29) is 10.8 Å². The molecule has 0 unspecified atom stereocenters. The third-order valence-electron chi connectivity index (χ3n) is 2.26. The lowest BCUT2D eigenvalue weighted by Gasteiger charge is -1.99. The maximum absolute atomic E-state index is 11.9. The fourth-order valence-corrected chi connectivity index (χ4v) is 3.98. The van der Waals surface area contributed by atoms with Gasteiger partial charge < -0.3 is 0 Å². The molecule has 0 spiro atoms. The second-order valence-electron chi connectivity index (χ2n) is 3.66. The normalized spacial score (nSPS) is 10.9. The molecule has 0 saturated heterocycles. The molecule has 0 radical (unpaired) electrons. The van der Waals surface area contributed by atoms with Crippen LogP contribution in [0.5, 0.6) is 0 Å². The van der Waals surface area contributed by atoms with Crippen LogP contribution in [0.3, 0.4) is 0 Å². The molecule has 0 saturated carbocycles. The minimum Gasteiger partial charge on any atom is -0.206 e. The molecule has 2 rings (SSSR count). The zero-order chi connectivity index (χ0) is 14.6. The van der Waals surface area contributed by atoms with Gasteiger partial charge in [0.25, 0.3) is 10.0 Å². The van der Waals surface area contributed by atoms with E-state index in [4.69, 9.17) is 23.2 Å². The van der Waals surface area contributed by atoms with E-state index in [2.05, 4.69) is 16.6 Å². The summed E-state index contributed by atoms with van der Waals surface area (Å²) in [6.45, 7) is 0.00305. The van der Waals surface area contributed by atoms with E-state index < -0.39 is 10.0 Å². The molecule has 2 aromatic rings. The highest BCUT2D eigenvalue weighted by Crippen LogP contribution is 2.25.